The quantitative estimate of drug-likeness (QED) is 0.810. The first-order valence-corrected chi connectivity index (χ1v) is 7.31. The first-order valence-electron chi connectivity index (χ1n) is 6.94. The Balaban J connectivity index is 0.00000192. The topological polar surface area (TPSA) is 84.7 Å². The number of halogens is 2. The van der Waals surface area contributed by atoms with E-state index in [0.717, 1.165) is 19.5 Å². The van der Waals surface area contributed by atoms with Gasteiger partial charge >= 0.3 is 0 Å². The van der Waals surface area contributed by atoms with Crippen molar-refractivity contribution in [3.05, 3.63) is 46.8 Å². The molecule has 9 heteroatoms. The molecular formula is C14H16Cl2N6O. The molecule has 23 heavy (non-hydrogen) atoms. The van der Waals surface area contributed by atoms with E-state index in [-0.39, 0.29) is 18.3 Å². The van der Waals surface area contributed by atoms with Crippen molar-refractivity contribution in [3.63, 3.8) is 0 Å². The van der Waals surface area contributed by atoms with Gasteiger partial charge in [-0.1, -0.05) is 23.3 Å². The standard InChI is InChI=1S/C14H15ClN6O.ClH/c15-11-1-2-13(21-9-18-19-20-21)12(7-11)14(22)17-8-10-3-5-16-6-4-10;/h1-3,7,9,16H,4-6,8H2,(H,17,22);1H. The number of carbonyl (C=O) groups is 1. The van der Waals surface area contributed by atoms with Crippen molar-refractivity contribution in [2.75, 3.05) is 19.6 Å². The Morgan fingerprint density at radius 3 is 3.00 bits per heavy atom. The van der Waals surface area contributed by atoms with Gasteiger partial charge in [-0.2, -0.15) is 4.68 Å². The molecule has 0 bridgehead atoms. The summed E-state index contributed by atoms with van der Waals surface area (Å²) in [5.74, 6) is -0.201. The third-order valence-electron chi connectivity index (χ3n) is 3.43. The van der Waals surface area contributed by atoms with Gasteiger partial charge in [0.25, 0.3) is 5.91 Å². The van der Waals surface area contributed by atoms with Gasteiger partial charge in [0.1, 0.15) is 6.33 Å². The molecule has 0 aliphatic carbocycles. The van der Waals surface area contributed by atoms with Gasteiger partial charge in [-0.25, -0.2) is 0 Å². The molecule has 1 aromatic carbocycles. The van der Waals surface area contributed by atoms with Crippen molar-refractivity contribution in [1.82, 2.24) is 30.8 Å². The van der Waals surface area contributed by atoms with Gasteiger partial charge in [-0.3, -0.25) is 4.79 Å². The Hall–Kier alpha value is -1.96. The van der Waals surface area contributed by atoms with Crippen molar-refractivity contribution in [2.45, 2.75) is 6.42 Å². The Kier molecular flexibility index (Phi) is 6.09. The second-order valence-electron chi connectivity index (χ2n) is 4.92. The van der Waals surface area contributed by atoms with E-state index in [1.54, 1.807) is 18.2 Å². The molecule has 1 aromatic heterocycles. The lowest BCUT2D eigenvalue weighted by Crippen LogP contribution is -2.30. The lowest BCUT2D eigenvalue weighted by Gasteiger charge is -2.15. The predicted molar refractivity (Wildman–Crippen MR) is 89.3 cm³/mol. The molecule has 0 spiro atoms. The van der Waals surface area contributed by atoms with E-state index >= 15 is 0 Å². The summed E-state index contributed by atoms with van der Waals surface area (Å²) in [6, 6.07) is 5.03. The van der Waals surface area contributed by atoms with Crippen molar-refractivity contribution in [3.8, 4) is 5.69 Å². The minimum Gasteiger partial charge on any atom is -0.348 e. The van der Waals surface area contributed by atoms with E-state index < -0.39 is 0 Å². The highest BCUT2D eigenvalue weighted by Crippen LogP contribution is 2.19. The van der Waals surface area contributed by atoms with Crippen LogP contribution in [0.15, 0.2) is 36.2 Å². The van der Waals surface area contributed by atoms with Crippen LogP contribution in [0.25, 0.3) is 5.69 Å². The number of benzene rings is 1. The number of hydrogen-bond donors (Lipinski definition) is 2. The zero-order valence-electron chi connectivity index (χ0n) is 12.2. The van der Waals surface area contributed by atoms with E-state index in [9.17, 15) is 4.79 Å². The van der Waals surface area contributed by atoms with Gasteiger partial charge < -0.3 is 10.6 Å². The minimum absolute atomic E-state index is 0. The number of nitrogens with zero attached hydrogens (tertiary/aromatic N) is 4. The summed E-state index contributed by atoms with van der Waals surface area (Å²) in [6.45, 7) is 2.31. The average molecular weight is 355 g/mol. The van der Waals surface area contributed by atoms with Gasteiger partial charge in [0.05, 0.1) is 11.3 Å². The van der Waals surface area contributed by atoms with Gasteiger partial charge in [0.2, 0.25) is 0 Å². The molecule has 0 atom stereocenters. The Labute approximate surface area is 144 Å². The summed E-state index contributed by atoms with van der Waals surface area (Å²) in [5.41, 5.74) is 2.25. The third kappa shape index (κ3) is 4.28. The second kappa shape index (κ2) is 8.05. The molecule has 2 heterocycles. The molecule has 0 fully saturated rings. The third-order valence-corrected chi connectivity index (χ3v) is 3.67. The molecular weight excluding hydrogens is 339 g/mol. The minimum atomic E-state index is -0.201. The fraction of sp³-hybridized carbons (Fsp3) is 0.286. The summed E-state index contributed by atoms with van der Waals surface area (Å²) < 4.78 is 1.44. The van der Waals surface area contributed by atoms with Crippen molar-refractivity contribution < 1.29 is 4.79 Å². The lowest BCUT2D eigenvalue weighted by atomic mass is 10.1. The van der Waals surface area contributed by atoms with Crippen LogP contribution in [0, 0.1) is 0 Å². The maximum atomic E-state index is 12.5. The van der Waals surface area contributed by atoms with E-state index in [2.05, 4.69) is 32.2 Å². The average Bonchev–Trinajstić information content (AvgIpc) is 3.08. The SMILES string of the molecule is Cl.O=C(NCC1=CCNCC1)c1cc(Cl)ccc1-n1cnnn1. The largest absolute Gasteiger partial charge is 0.348 e. The second-order valence-corrected chi connectivity index (χ2v) is 5.35. The molecule has 0 unspecified atom stereocenters. The lowest BCUT2D eigenvalue weighted by molar-refractivity contribution is 0.0956. The fourth-order valence-electron chi connectivity index (χ4n) is 2.28. The highest BCUT2D eigenvalue weighted by atomic mass is 35.5. The van der Waals surface area contributed by atoms with E-state index in [1.807, 2.05) is 0 Å². The molecule has 7 nitrogen and oxygen atoms in total. The van der Waals surface area contributed by atoms with Crippen molar-refractivity contribution >= 4 is 29.9 Å². The predicted octanol–water partition coefficient (Wildman–Crippen LogP) is 1.39. The van der Waals surface area contributed by atoms with Crippen LogP contribution in [0.3, 0.4) is 0 Å². The first-order chi connectivity index (χ1) is 10.7. The molecule has 0 saturated carbocycles. The van der Waals surface area contributed by atoms with Crippen LogP contribution in [0.1, 0.15) is 16.8 Å². The smallest absolute Gasteiger partial charge is 0.253 e. The number of aromatic nitrogens is 4. The highest BCUT2D eigenvalue weighted by molar-refractivity contribution is 6.31. The zero-order chi connectivity index (χ0) is 15.4. The first kappa shape index (κ1) is 17.4. The number of rotatable bonds is 4. The summed E-state index contributed by atoms with van der Waals surface area (Å²) in [4.78, 5) is 12.5. The van der Waals surface area contributed by atoms with Gasteiger partial charge in [-0.05, 0) is 41.6 Å². The molecule has 122 valence electrons. The molecule has 3 rings (SSSR count). The van der Waals surface area contributed by atoms with Gasteiger partial charge in [0, 0.05) is 18.1 Å². The van der Waals surface area contributed by atoms with Gasteiger partial charge in [0.15, 0.2) is 0 Å². The van der Waals surface area contributed by atoms with E-state index in [1.165, 1.54) is 16.6 Å². The maximum absolute atomic E-state index is 12.5. The van der Waals surface area contributed by atoms with E-state index in [0.29, 0.717) is 22.8 Å². The summed E-state index contributed by atoms with van der Waals surface area (Å²) in [7, 11) is 0. The monoisotopic (exact) mass is 354 g/mol. The normalized spacial score (nSPS) is 13.9. The number of amides is 1. The number of carbonyl (C=O) groups excluding carboxylic acids is 1. The maximum Gasteiger partial charge on any atom is 0.253 e. The number of tetrazole rings is 1. The van der Waals surface area contributed by atoms with Crippen LogP contribution in [-0.4, -0.2) is 45.7 Å². The number of hydrogen-bond acceptors (Lipinski definition) is 5. The van der Waals surface area contributed by atoms with Crippen LogP contribution >= 0.6 is 24.0 Å². The van der Waals surface area contributed by atoms with Crippen LogP contribution in [-0.2, 0) is 0 Å². The molecule has 0 saturated heterocycles. The van der Waals surface area contributed by atoms with Crippen LogP contribution in [0.5, 0.6) is 0 Å². The fourth-order valence-corrected chi connectivity index (χ4v) is 2.45. The molecule has 2 aromatic rings. The van der Waals surface area contributed by atoms with Crippen LogP contribution in [0.4, 0.5) is 0 Å². The highest BCUT2D eigenvalue weighted by Gasteiger charge is 2.15. The van der Waals surface area contributed by atoms with Crippen molar-refractivity contribution in [2.24, 2.45) is 0 Å². The molecule has 2 N–H and O–H groups in total. The molecule has 1 aliphatic heterocycles. The summed E-state index contributed by atoms with van der Waals surface area (Å²) in [6.07, 6.45) is 4.48. The van der Waals surface area contributed by atoms with E-state index in [4.69, 9.17) is 11.6 Å². The zero-order valence-corrected chi connectivity index (χ0v) is 13.8. The Morgan fingerprint density at radius 1 is 1.43 bits per heavy atom. The Morgan fingerprint density at radius 2 is 2.30 bits per heavy atom. The van der Waals surface area contributed by atoms with Crippen molar-refractivity contribution in [1.29, 1.82) is 0 Å². The molecule has 0 radical (unpaired) electrons. The summed E-state index contributed by atoms with van der Waals surface area (Å²) in [5, 5.41) is 17.7. The van der Waals surface area contributed by atoms with Crippen LogP contribution in [0.2, 0.25) is 5.02 Å². The Bertz CT molecular complexity index is 701. The van der Waals surface area contributed by atoms with Gasteiger partial charge in [-0.15, -0.1) is 17.5 Å². The number of nitrogens with one attached hydrogen (secondary N) is 2. The van der Waals surface area contributed by atoms with Crippen LogP contribution < -0.4 is 10.6 Å². The molecule has 1 aliphatic rings. The molecule has 1 amide bonds. The summed E-state index contributed by atoms with van der Waals surface area (Å²) >= 11 is 6.01.